The standard InChI is InChI=1S/C28H24FN7/c29-23-6-4-5-21(12-23)24-16-31-17-25-27(24)34-28(33-25)26-22(15-32-35-26)8-7-19-11-20(14-30-13-19)18-36-9-2-1-3-10-36/h4-6,11-17H,1-3,9-10,18H2,(H,32,35)(H,33,34). The molecule has 1 aliphatic heterocycles. The minimum absolute atomic E-state index is 0.306. The maximum atomic E-state index is 13.8. The number of imidazole rings is 1. The minimum atomic E-state index is -0.306. The van der Waals surface area contributed by atoms with Gasteiger partial charge in [-0.3, -0.25) is 20.0 Å². The maximum Gasteiger partial charge on any atom is 0.160 e. The molecule has 6 rings (SSSR count). The molecule has 178 valence electrons. The molecule has 1 saturated heterocycles. The molecule has 4 aromatic heterocycles. The molecule has 2 N–H and O–H groups in total. The Bertz CT molecular complexity index is 1580. The van der Waals surface area contributed by atoms with Crippen LogP contribution in [0, 0.1) is 17.7 Å². The number of aromatic nitrogens is 6. The van der Waals surface area contributed by atoms with Gasteiger partial charge in [-0.05, 0) is 55.3 Å². The van der Waals surface area contributed by atoms with Gasteiger partial charge in [0.15, 0.2) is 5.82 Å². The average Bonchev–Trinajstić information content (AvgIpc) is 3.55. The molecule has 0 atom stereocenters. The molecule has 0 spiro atoms. The third kappa shape index (κ3) is 4.61. The Hall–Kier alpha value is -4.35. The summed E-state index contributed by atoms with van der Waals surface area (Å²) in [6.07, 6.45) is 12.7. The van der Waals surface area contributed by atoms with Crippen molar-refractivity contribution >= 4 is 11.0 Å². The Labute approximate surface area is 207 Å². The number of piperidine rings is 1. The lowest BCUT2D eigenvalue weighted by molar-refractivity contribution is 0.220. The van der Waals surface area contributed by atoms with Crippen LogP contribution in [0.25, 0.3) is 33.7 Å². The molecule has 0 radical (unpaired) electrons. The molecule has 0 unspecified atom stereocenters. The predicted octanol–water partition coefficient (Wildman–Crippen LogP) is 4.93. The van der Waals surface area contributed by atoms with Crippen molar-refractivity contribution in [2.45, 2.75) is 25.8 Å². The van der Waals surface area contributed by atoms with Gasteiger partial charge in [0.2, 0.25) is 0 Å². The van der Waals surface area contributed by atoms with E-state index in [1.54, 1.807) is 30.9 Å². The highest BCUT2D eigenvalue weighted by Gasteiger charge is 2.15. The van der Waals surface area contributed by atoms with E-state index in [0.29, 0.717) is 22.6 Å². The number of H-pyrrole nitrogens is 2. The van der Waals surface area contributed by atoms with Gasteiger partial charge in [-0.2, -0.15) is 5.10 Å². The fourth-order valence-electron chi connectivity index (χ4n) is 4.64. The van der Waals surface area contributed by atoms with Gasteiger partial charge >= 0.3 is 0 Å². The van der Waals surface area contributed by atoms with Crippen LogP contribution in [0.15, 0.2) is 61.3 Å². The van der Waals surface area contributed by atoms with Gasteiger partial charge in [-0.15, -0.1) is 0 Å². The maximum absolute atomic E-state index is 13.8. The number of hydrogen-bond donors (Lipinski definition) is 2. The van der Waals surface area contributed by atoms with E-state index in [4.69, 9.17) is 4.98 Å². The molecular formula is C28H24FN7. The molecule has 5 heterocycles. The summed E-state index contributed by atoms with van der Waals surface area (Å²) < 4.78 is 13.8. The van der Waals surface area contributed by atoms with E-state index >= 15 is 0 Å². The summed E-state index contributed by atoms with van der Waals surface area (Å²) in [7, 11) is 0. The number of halogens is 1. The van der Waals surface area contributed by atoms with E-state index in [0.717, 1.165) is 41.8 Å². The van der Waals surface area contributed by atoms with Gasteiger partial charge in [0.25, 0.3) is 0 Å². The van der Waals surface area contributed by atoms with E-state index < -0.39 is 0 Å². The van der Waals surface area contributed by atoms with Crippen molar-refractivity contribution in [3.63, 3.8) is 0 Å². The third-order valence-electron chi connectivity index (χ3n) is 6.39. The lowest BCUT2D eigenvalue weighted by Gasteiger charge is -2.26. The normalized spacial score (nSPS) is 14.0. The van der Waals surface area contributed by atoms with E-state index in [1.807, 2.05) is 12.3 Å². The molecule has 5 aromatic rings. The number of likely N-dealkylation sites (tertiary alicyclic amines) is 1. The molecule has 1 fully saturated rings. The van der Waals surface area contributed by atoms with Gasteiger partial charge in [-0.25, -0.2) is 9.37 Å². The van der Waals surface area contributed by atoms with E-state index in [9.17, 15) is 4.39 Å². The van der Waals surface area contributed by atoms with Crippen molar-refractivity contribution < 1.29 is 4.39 Å². The number of nitrogens with zero attached hydrogens (tertiary/aromatic N) is 5. The highest BCUT2D eigenvalue weighted by Crippen LogP contribution is 2.29. The number of hydrogen-bond acceptors (Lipinski definition) is 5. The SMILES string of the molecule is Fc1cccc(-c2cncc3[nH]c(-c4n[nH]cc4C#Cc4cncc(CN5CCCCC5)c4)nc23)c1. The number of fused-ring (bicyclic) bond motifs is 1. The molecule has 0 saturated carbocycles. The summed E-state index contributed by atoms with van der Waals surface area (Å²) in [5.41, 5.74) is 6.26. The summed E-state index contributed by atoms with van der Waals surface area (Å²) in [5.74, 6) is 6.70. The zero-order valence-electron chi connectivity index (χ0n) is 19.6. The van der Waals surface area contributed by atoms with Crippen LogP contribution in [0.2, 0.25) is 0 Å². The van der Waals surface area contributed by atoms with Crippen LogP contribution in [0.5, 0.6) is 0 Å². The van der Waals surface area contributed by atoms with E-state index in [2.05, 4.69) is 48.0 Å². The largest absolute Gasteiger partial charge is 0.335 e. The first-order valence-electron chi connectivity index (χ1n) is 12.0. The molecule has 1 aromatic carbocycles. The van der Waals surface area contributed by atoms with Crippen molar-refractivity contribution in [3.8, 4) is 34.5 Å². The first-order valence-corrected chi connectivity index (χ1v) is 12.0. The quantitative estimate of drug-likeness (QED) is 0.358. The molecule has 8 heteroatoms. The number of aromatic amines is 2. The Morgan fingerprint density at radius 3 is 2.75 bits per heavy atom. The number of nitrogens with one attached hydrogen (secondary N) is 2. The van der Waals surface area contributed by atoms with E-state index in [1.165, 1.54) is 37.0 Å². The summed E-state index contributed by atoms with van der Waals surface area (Å²) in [5, 5.41) is 7.28. The highest BCUT2D eigenvalue weighted by molar-refractivity contribution is 5.92. The zero-order chi connectivity index (χ0) is 24.3. The van der Waals surface area contributed by atoms with E-state index in [-0.39, 0.29) is 5.82 Å². The van der Waals surface area contributed by atoms with Gasteiger partial charge in [0, 0.05) is 42.5 Å². The second kappa shape index (κ2) is 9.72. The summed E-state index contributed by atoms with van der Waals surface area (Å²) >= 11 is 0. The smallest absolute Gasteiger partial charge is 0.160 e. The summed E-state index contributed by atoms with van der Waals surface area (Å²) in [6, 6.07) is 8.51. The Balaban J connectivity index is 1.29. The van der Waals surface area contributed by atoms with Crippen LogP contribution >= 0.6 is 0 Å². The average molecular weight is 478 g/mol. The van der Waals surface area contributed by atoms with Crippen LogP contribution < -0.4 is 0 Å². The molecule has 1 aliphatic rings. The minimum Gasteiger partial charge on any atom is -0.335 e. The van der Waals surface area contributed by atoms with Crippen molar-refractivity contribution in [2.75, 3.05) is 13.1 Å². The number of benzene rings is 1. The number of pyridine rings is 2. The van der Waals surface area contributed by atoms with Crippen LogP contribution in [0.1, 0.15) is 36.0 Å². The van der Waals surface area contributed by atoms with Gasteiger partial charge in [0.1, 0.15) is 11.5 Å². The van der Waals surface area contributed by atoms with Crippen LogP contribution in [0.4, 0.5) is 4.39 Å². The summed E-state index contributed by atoms with van der Waals surface area (Å²) in [4.78, 5) is 19.2. The lowest BCUT2D eigenvalue weighted by atomic mass is 10.1. The third-order valence-corrected chi connectivity index (χ3v) is 6.39. The van der Waals surface area contributed by atoms with Crippen LogP contribution in [-0.2, 0) is 6.54 Å². The summed E-state index contributed by atoms with van der Waals surface area (Å²) in [6.45, 7) is 3.19. The topological polar surface area (TPSA) is 86.4 Å². The monoisotopic (exact) mass is 477 g/mol. The van der Waals surface area contributed by atoms with Crippen molar-refractivity contribution in [3.05, 3.63) is 83.8 Å². The second-order valence-electron chi connectivity index (χ2n) is 9.00. The van der Waals surface area contributed by atoms with Gasteiger partial charge in [-0.1, -0.05) is 30.4 Å². The first kappa shape index (κ1) is 22.1. The van der Waals surface area contributed by atoms with Crippen LogP contribution in [0.3, 0.4) is 0 Å². The van der Waals surface area contributed by atoms with Crippen LogP contribution in [-0.4, -0.2) is 48.1 Å². The zero-order valence-corrected chi connectivity index (χ0v) is 19.6. The second-order valence-corrected chi connectivity index (χ2v) is 9.00. The molecule has 0 amide bonds. The molecule has 36 heavy (non-hydrogen) atoms. The predicted molar refractivity (Wildman–Crippen MR) is 136 cm³/mol. The molecular weight excluding hydrogens is 453 g/mol. The van der Waals surface area contributed by atoms with Gasteiger partial charge in [0.05, 0.1) is 22.8 Å². The Morgan fingerprint density at radius 2 is 1.86 bits per heavy atom. The van der Waals surface area contributed by atoms with Crippen molar-refractivity contribution in [1.82, 2.24) is 35.0 Å². The lowest BCUT2D eigenvalue weighted by Crippen LogP contribution is -2.29. The van der Waals surface area contributed by atoms with Crippen molar-refractivity contribution in [2.24, 2.45) is 0 Å². The molecule has 7 nitrogen and oxygen atoms in total. The fraction of sp³-hybridized carbons (Fsp3) is 0.214. The van der Waals surface area contributed by atoms with Gasteiger partial charge < -0.3 is 4.98 Å². The Morgan fingerprint density at radius 1 is 0.972 bits per heavy atom. The molecule has 0 aliphatic carbocycles. The number of rotatable bonds is 4. The first-order chi connectivity index (χ1) is 17.7. The molecule has 0 bridgehead atoms. The van der Waals surface area contributed by atoms with Crippen molar-refractivity contribution in [1.29, 1.82) is 0 Å². The Kier molecular flexibility index (Phi) is 5.98. The highest BCUT2D eigenvalue weighted by atomic mass is 19.1. The fourth-order valence-corrected chi connectivity index (χ4v) is 4.64.